The van der Waals surface area contributed by atoms with E-state index in [0.717, 1.165) is 0 Å². The molecule has 0 spiro atoms. The van der Waals surface area contributed by atoms with Gasteiger partial charge in [-0.2, -0.15) is 26.3 Å². The predicted molar refractivity (Wildman–Crippen MR) is 45.7 cm³/mol. The van der Waals surface area contributed by atoms with E-state index in [2.05, 4.69) is 9.72 Å². The normalized spacial score (nSPS) is 12.9. The minimum atomic E-state index is -5.74. The van der Waals surface area contributed by atoms with Crippen LogP contribution in [0.4, 0.5) is 30.7 Å². The van der Waals surface area contributed by atoms with Gasteiger partial charge >= 0.3 is 12.4 Å². The number of alkyl halides is 6. The molecule has 10 heteroatoms. The maximum absolute atomic E-state index is 13.0. The molecule has 0 saturated carbocycles. The van der Waals surface area contributed by atoms with Crippen molar-refractivity contribution in [2.45, 2.75) is 18.5 Å². The van der Waals surface area contributed by atoms with Crippen molar-refractivity contribution in [1.29, 1.82) is 0 Å². The van der Waals surface area contributed by atoms with Crippen LogP contribution in [-0.4, -0.2) is 23.4 Å². The van der Waals surface area contributed by atoms with Crippen LogP contribution in [0.15, 0.2) is 12.3 Å². The average molecular weight is 298 g/mol. The highest BCUT2D eigenvalue weighted by Crippen LogP contribution is 2.36. The van der Waals surface area contributed by atoms with Crippen molar-refractivity contribution in [1.82, 2.24) is 4.98 Å². The van der Waals surface area contributed by atoms with Gasteiger partial charge < -0.3 is 4.74 Å². The van der Waals surface area contributed by atoms with Crippen LogP contribution in [0.1, 0.15) is 0 Å². The summed E-state index contributed by atoms with van der Waals surface area (Å²) >= 11 is 5.23. The second kappa shape index (κ2) is 4.79. The monoisotopic (exact) mass is 297 g/mol. The zero-order valence-electron chi connectivity index (χ0n) is 8.11. The molecule has 0 unspecified atom stereocenters. The Bertz CT molecular complexity index is 416. The molecule has 1 aromatic rings. The van der Waals surface area contributed by atoms with E-state index in [0.29, 0.717) is 12.3 Å². The van der Waals surface area contributed by atoms with E-state index < -0.39 is 30.2 Å². The van der Waals surface area contributed by atoms with Crippen molar-refractivity contribution >= 4 is 11.6 Å². The minimum Gasteiger partial charge on any atom is -0.453 e. The predicted octanol–water partition coefficient (Wildman–Crippen LogP) is 3.75. The molecule has 0 radical (unpaired) electrons. The molecule has 0 fully saturated rings. The van der Waals surface area contributed by atoms with Crippen molar-refractivity contribution in [3.8, 4) is 5.88 Å². The molecule has 2 nitrogen and oxygen atoms in total. The first kappa shape index (κ1) is 14.8. The summed E-state index contributed by atoms with van der Waals surface area (Å²) in [6, 6.07) is 0.480. The molecule has 1 aromatic heterocycles. The fourth-order valence-electron chi connectivity index (χ4n) is 0.920. The standard InChI is InChI=1S/C8H3ClF7NO/c9-3-1-4(10)5(17-2-3)18-6(7(11,12)13)8(14,15)16/h1-2,6H. The maximum atomic E-state index is 13.0. The highest BCUT2D eigenvalue weighted by Gasteiger charge is 2.59. The third-order valence-corrected chi connectivity index (χ3v) is 1.80. The number of halogens is 8. The lowest BCUT2D eigenvalue weighted by molar-refractivity contribution is -0.300. The summed E-state index contributed by atoms with van der Waals surface area (Å²) in [5.41, 5.74) is 0. The number of rotatable bonds is 2. The summed E-state index contributed by atoms with van der Waals surface area (Å²) in [6.45, 7) is 0. The van der Waals surface area contributed by atoms with Gasteiger partial charge in [-0.05, 0) is 6.07 Å². The van der Waals surface area contributed by atoms with Crippen LogP contribution in [-0.2, 0) is 0 Å². The summed E-state index contributed by atoms with van der Waals surface area (Å²) < 4.78 is 89.1. The summed E-state index contributed by atoms with van der Waals surface area (Å²) in [5, 5.41) is -0.296. The van der Waals surface area contributed by atoms with E-state index in [1.165, 1.54) is 0 Å². The Morgan fingerprint density at radius 1 is 1.11 bits per heavy atom. The van der Waals surface area contributed by atoms with Gasteiger partial charge in [-0.1, -0.05) is 11.6 Å². The molecule has 0 aliphatic carbocycles. The summed E-state index contributed by atoms with van der Waals surface area (Å²) in [6.07, 6.45) is -15.0. The smallest absolute Gasteiger partial charge is 0.434 e. The Morgan fingerprint density at radius 3 is 2.00 bits per heavy atom. The van der Waals surface area contributed by atoms with Gasteiger partial charge in [0.05, 0.1) is 5.02 Å². The highest BCUT2D eigenvalue weighted by atomic mass is 35.5. The fraction of sp³-hybridized carbons (Fsp3) is 0.375. The zero-order valence-corrected chi connectivity index (χ0v) is 8.87. The van der Waals surface area contributed by atoms with Crippen molar-refractivity contribution in [3.63, 3.8) is 0 Å². The van der Waals surface area contributed by atoms with Crippen LogP contribution < -0.4 is 4.74 Å². The summed E-state index contributed by atoms with van der Waals surface area (Å²) in [7, 11) is 0. The minimum absolute atomic E-state index is 0.296. The summed E-state index contributed by atoms with van der Waals surface area (Å²) in [4.78, 5) is 2.92. The first-order chi connectivity index (χ1) is 8.01. The molecule has 102 valence electrons. The van der Waals surface area contributed by atoms with Gasteiger partial charge in [0.1, 0.15) is 0 Å². The Labute approximate surface area is 100 Å². The fourth-order valence-corrected chi connectivity index (χ4v) is 1.06. The first-order valence-electron chi connectivity index (χ1n) is 4.13. The third kappa shape index (κ3) is 3.62. The SMILES string of the molecule is Fc1cc(Cl)cnc1OC(C(F)(F)F)C(F)(F)F. The molecule has 0 bridgehead atoms. The van der Waals surface area contributed by atoms with Crippen LogP contribution in [0.2, 0.25) is 5.02 Å². The Balaban J connectivity index is 3.05. The maximum Gasteiger partial charge on any atom is 0.434 e. The van der Waals surface area contributed by atoms with Crippen molar-refractivity contribution < 1.29 is 35.5 Å². The molecule has 18 heavy (non-hydrogen) atoms. The Kier molecular flexibility index (Phi) is 3.94. The van der Waals surface area contributed by atoms with E-state index in [1.54, 1.807) is 0 Å². The van der Waals surface area contributed by atoms with Gasteiger partial charge in [0.15, 0.2) is 5.82 Å². The second-order valence-electron chi connectivity index (χ2n) is 3.02. The van der Waals surface area contributed by atoms with Gasteiger partial charge in [-0.3, -0.25) is 0 Å². The van der Waals surface area contributed by atoms with Crippen molar-refractivity contribution in [2.24, 2.45) is 0 Å². The molecule has 1 heterocycles. The number of nitrogens with zero attached hydrogens (tertiary/aromatic N) is 1. The molecule has 0 aromatic carbocycles. The summed E-state index contributed by atoms with van der Waals surface area (Å²) in [5.74, 6) is -2.96. The Morgan fingerprint density at radius 2 is 1.61 bits per heavy atom. The molecular formula is C8H3ClF7NO. The van der Waals surface area contributed by atoms with Gasteiger partial charge in [0, 0.05) is 6.20 Å². The van der Waals surface area contributed by atoms with Crippen LogP contribution in [0.3, 0.4) is 0 Å². The first-order valence-corrected chi connectivity index (χ1v) is 4.50. The molecule has 0 atom stereocenters. The lowest BCUT2D eigenvalue weighted by Gasteiger charge is -2.23. The van der Waals surface area contributed by atoms with Crippen LogP contribution in [0.5, 0.6) is 5.88 Å². The molecule has 0 aliphatic rings. The second-order valence-corrected chi connectivity index (χ2v) is 3.46. The van der Waals surface area contributed by atoms with Gasteiger partial charge in [0.25, 0.3) is 12.0 Å². The Hall–Kier alpha value is -1.25. The topological polar surface area (TPSA) is 22.1 Å². The van der Waals surface area contributed by atoms with Crippen LogP contribution in [0, 0.1) is 5.82 Å². The molecule has 1 rings (SSSR count). The number of aromatic nitrogens is 1. The average Bonchev–Trinajstić information content (AvgIpc) is 2.12. The van der Waals surface area contributed by atoms with Gasteiger partial charge in [0.2, 0.25) is 0 Å². The highest BCUT2D eigenvalue weighted by molar-refractivity contribution is 6.30. The van der Waals surface area contributed by atoms with E-state index in [1.807, 2.05) is 0 Å². The third-order valence-electron chi connectivity index (χ3n) is 1.60. The largest absolute Gasteiger partial charge is 0.453 e. The van der Waals surface area contributed by atoms with Crippen molar-refractivity contribution in [3.05, 3.63) is 23.1 Å². The van der Waals surface area contributed by atoms with E-state index in [9.17, 15) is 30.7 Å². The van der Waals surface area contributed by atoms with Gasteiger partial charge in [-0.25, -0.2) is 9.37 Å². The molecule has 0 N–H and O–H groups in total. The van der Waals surface area contributed by atoms with Gasteiger partial charge in [-0.15, -0.1) is 0 Å². The number of pyridine rings is 1. The lowest BCUT2D eigenvalue weighted by atomic mass is 10.3. The number of hydrogen-bond acceptors (Lipinski definition) is 2. The lowest BCUT2D eigenvalue weighted by Crippen LogP contribution is -2.46. The zero-order chi connectivity index (χ0) is 14.1. The van der Waals surface area contributed by atoms with E-state index in [-0.39, 0.29) is 5.02 Å². The van der Waals surface area contributed by atoms with E-state index in [4.69, 9.17) is 11.6 Å². The molecular weight excluding hydrogens is 295 g/mol. The molecule has 0 saturated heterocycles. The van der Waals surface area contributed by atoms with Crippen LogP contribution in [0.25, 0.3) is 0 Å². The van der Waals surface area contributed by atoms with E-state index >= 15 is 0 Å². The van der Waals surface area contributed by atoms with Crippen molar-refractivity contribution in [2.75, 3.05) is 0 Å². The number of hydrogen-bond donors (Lipinski definition) is 0. The number of ether oxygens (including phenoxy) is 1. The molecule has 0 amide bonds. The molecule has 0 aliphatic heterocycles. The quantitative estimate of drug-likeness (QED) is 0.776. The van der Waals surface area contributed by atoms with Crippen LogP contribution >= 0.6 is 11.6 Å².